The Morgan fingerprint density at radius 2 is 2.29 bits per heavy atom. The lowest BCUT2D eigenvalue weighted by Gasteiger charge is -2.17. The molecule has 1 aromatic heterocycles. The van der Waals surface area contributed by atoms with E-state index in [1.54, 1.807) is 0 Å². The molecule has 0 saturated carbocycles. The van der Waals surface area contributed by atoms with Crippen LogP contribution in [0.3, 0.4) is 0 Å². The maximum atomic E-state index is 5.96. The first-order valence-corrected chi connectivity index (χ1v) is 7.66. The number of benzene rings is 1. The molecule has 1 heterocycles. The minimum Gasteiger partial charge on any atom is -0.492 e. The summed E-state index contributed by atoms with van der Waals surface area (Å²) in [5.74, 6) is 1.88. The predicted octanol–water partition coefficient (Wildman–Crippen LogP) is 3.16. The van der Waals surface area contributed by atoms with E-state index in [0.717, 1.165) is 31.0 Å². The van der Waals surface area contributed by atoms with Gasteiger partial charge in [-0.2, -0.15) is 0 Å². The molecule has 0 bridgehead atoms. The number of halogens is 1. The molecule has 2 aromatic rings. The van der Waals surface area contributed by atoms with Crippen LogP contribution in [-0.2, 0) is 13.0 Å². The molecule has 114 valence electrons. The highest BCUT2D eigenvalue weighted by atomic mass is 35.5. The highest BCUT2D eigenvalue weighted by Crippen LogP contribution is 2.17. The molecule has 0 aliphatic heterocycles. The molecule has 2 rings (SSSR count). The molecule has 4 nitrogen and oxygen atoms in total. The van der Waals surface area contributed by atoms with Gasteiger partial charge in [0.2, 0.25) is 0 Å². The van der Waals surface area contributed by atoms with Gasteiger partial charge in [0.15, 0.2) is 0 Å². The standard InChI is InChI=1S/C16H22ClN3O/c1-3-8-20-9-7-19-16(20)11-14(18-2)12-21-15-6-4-5-13(17)10-15/h4-7,9-10,14,18H,3,8,11-12H2,1-2H3. The monoisotopic (exact) mass is 307 g/mol. The van der Waals surface area contributed by atoms with E-state index in [-0.39, 0.29) is 6.04 Å². The fourth-order valence-corrected chi connectivity index (χ4v) is 2.37. The van der Waals surface area contributed by atoms with Crippen LogP contribution in [-0.4, -0.2) is 29.2 Å². The van der Waals surface area contributed by atoms with Gasteiger partial charge in [-0.1, -0.05) is 24.6 Å². The molecule has 0 aliphatic carbocycles. The third kappa shape index (κ3) is 4.76. The summed E-state index contributed by atoms with van der Waals surface area (Å²) in [6.45, 7) is 3.75. The number of likely N-dealkylation sites (N-methyl/N-ethyl adjacent to an activating group) is 1. The second-order valence-electron chi connectivity index (χ2n) is 4.99. The van der Waals surface area contributed by atoms with Gasteiger partial charge in [0.1, 0.15) is 18.2 Å². The molecule has 1 N–H and O–H groups in total. The maximum absolute atomic E-state index is 5.96. The molecule has 1 unspecified atom stereocenters. The average Bonchev–Trinajstić information content (AvgIpc) is 2.91. The second-order valence-corrected chi connectivity index (χ2v) is 5.43. The Morgan fingerprint density at radius 1 is 1.43 bits per heavy atom. The summed E-state index contributed by atoms with van der Waals surface area (Å²) in [4.78, 5) is 4.44. The lowest BCUT2D eigenvalue weighted by atomic mass is 10.2. The van der Waals surface area contributed by atoms with Crippen molar-refractivity contribution in [3.05, 3.63) is 47.5 Å². The zero-order valence-corrected chi connectivity index (χ0v) is 13.3. The van der Waals surface area contributed by atoms with Crippen LogP contribution >= 0.6 is 11.6 Å². The summed E-state index contributed by atoms with van der Waals surface area (Å²) in [6, 6.07) is 7.68. The van der Waals surface area contributed by atoms with Gasteiger partial charge in [0.05, 0.1) is 0 Å². The molecule has 0 saturated heterocycles. The summed E-state index contributed by atoms with van der Waals surface area (Å²) in [7, 11) is 1.94. The van der Waals surface area contributed by atoms with E-state index in [2.05, 4.69) is 21.8 Å². The van der Waals surface area contributed by atoms with Gasteiger partial charge in [0, 0.05) is 36.4 Å². The fraction of sp³-hybridized carbons (Fsp3) is 0.438. The Kier molecular flexibility index (Phi) is 6.08. The van der Waals surface area contributed by atoms with Crippen LogP contribution in [0.4, 0.5) is 0 Å². The van der Waals surface area contributed by atoms with E-state index in [0.29, 0.717) is 11.6 Å². The third-order valence-electron chi connectivity index (χ3n) is 3.35. The molecule has 21 heavy (non-hydrogen) atoms. The lowest BCUT2D eigenvalue weighted by Crippen LogP contribution is -2.34. The number of ether oxygens (including phenoxy) is 1. The Hall–Kier alpha value is -1.52. The van der Waals surface area contributed by atoms with Crippen molar-refractivity contribution >= 4 is 11.6 Å². The van der Waals surface area contributed by atoms with E-state index >= 15 is 0 Å². The van der Waals surface area contributed by atoms with Crippen molar-refractivity contribution in [3.63, 3.8) is 0 Å². The van der Waals surface area contributed by atoms with E-state index < -0.39 is 0 Å². The van der Waals surface area contributed by atoms with Crippen molar-refractivity contribution < 1.29 is 4.74 Å². The van der Waals surface area contributed by atoms with Gasteiger partial charge in [-0.15, -0.1) is 0 Å². The topological polar surface area (TPSA) is 39.1 Å². The zero-order valence-electron chi connectivity index (χ0n) is 12.6. The first kappa shape index (κ1) is 15.9. The molecule has 0 aliphatic rings. The number of aromatic nitrogens is 2. The van der Waals surface area contributed by atoms with Crippen LogP contribution < -0.4 is 10.1 Å². The van der Waals surface area contributed by atoms with Crippen molar-refractivity contribution in [2.75, 3.05) is 13.7 Å². The molecule has 1 aromatic carbocycles. The summed E-state index contributed by atoms with van der Waals surface area (Å²) in [5.41, 5.74) is 0. The maximum Gasteiger partial charge on any atom is 0.120 e. The van der Waals surface area contributed by atoms with Gasteiger partial charge in [-0.25, -0.2) is 4.98 Å². The number of hydrogen-bond donors (Lipinski definition) is 1. The van der Waals surface area contributed by atoms with E-state index in [1.807, 2.05) is 43.7 Å². The number of rotatable bonds is 8. The van der Waals surface area contributed by atoms with Gasteiger partial charge >= 0.3 is 0 Å². The van der Waals surface area contributed by atoms with Crippen molar-refractivity contribution in [1.82, 2.24) is 14.9 Å². The van der Waals surface area contributed by atoms with Crippen molar-refractivity contribution in [3.8, 4) is 5.75 Å². The molecule has 1 atom stereocenters. The van der Waals surface area contributed by atoms with Crippen LogP contribution in [0.15, 0.2) is 36.7 Å². The Morgan fingerprint density at radius 3 is 3.00 bits per heavy atom. The van der Waals surface area contributed by atoms with Crippen LogP contribution in [0.2, 0.25) is 5.02 Å². The van der Waals surface area contributed by atoms with E-state index in [9.17, 15) is 0 Å². The minimum absolute atomic E-state index is 0.210. The Labute approximate surface area is 131 Å². The summed E-state index contributed by atoms with van der Waals surface area (Å²) >= 11 is 5.96. The highest BCUT2D eigenvalue weighted by molar-refractivity contribution is 6.30. The van der Waals surface area contributed by atoms with Crippen LogP contribution in [0.25, 0.3) is 0 Å². The first-order chi connectivity index (χ1) is 10.2. The number of aryl methyl sites for hydroxylation is 1. The van der Waals surface area contributed by atoms with Crippen LogP contribution in [0.5, 0.6) is 5.75 Å². The molecule has 0 radical (unpaired) electrons. The molecular weight excluding hydrogens is 286 g/mol. The number of nitrogens with one attached hydrogen (secondary N) is 1. The quantitative estimate of drug-likeness (QED) is 0.814. The number of nitrogens with zero attached hydrogens (tertiary/aromatic N) is 2. The second kappa shape index (κ2) is 8.05. The Bertz CT molecular complexity index is 556. The van der Waals surface area contributed by atoms with Crippen LogP contribution in [0, 0.1) is 0 Å². The minimum atomic E-state index is 0.210. The van der Waals surface area contributed by atoms with E-state index in [4.69, 9.17) is 16.3 Å². The number of hydrogen-bond acceptors (Lipinski definition) is 3. The highest BCUT2D eigenvalue weighted by Gasteiger charge is 2.12. The van der Waals surface area contributed by atoms with Gasteiger partial charge in [-0.05, 0) is 31.7 Å². The normalized spacial score (nSPS) is 12.3. The zero-order chi connectivity index (χ0) is 15.1. The van der Waals surface area contributed by atoms with E-state index in [1.165, 1.54) is 0 Å². The average molecular weight is 308 g/mol. The SMILES string of the molecule is CCCn1ccnc1CC(COc1cccc(Cl)c1)NC. The Balaban J connectivity index is 1.92. The first-order valence-electron chi connectivity index (χ1n) is 7.28. The molecule has 0 fully saturated rings. The summed E-state index contributed by atoms with van der Waals surface area (Å²) in [6.07, 6.45) is 5.83. The van der Waals surface area contributed by atoms with Crippen molar-refractivity contribution in [2.24, 2.45) is 0 Å². The van der Waals surface area contributed by atoms with Gasteiger partial charge in [0.25, 0.3) is 0 Å². The third-order valence-corrected chi connectivity index (χ3v) is 3.59. The molecule has 5 heteroatoms. The molecule has 0 spiro atoms. The van der Waals surface area contributed by atoms with Gasteiger partial charge in [-0.3, -0.25) is 0 Å². The van der Waals surface area contributed by atoms with Crippen molar-refractivity contribution in [2.45, 2.75) is 32.4 Å². The predicted molar refractivity (Wildman–Crippen MR) is 86.0 cm³/mol. The fourth-order valence-electron chi connectivity index (χ4n) is 2.19. The summed E-state index contributed by atoms with van der Waals surface area (Å²) in [5, 5.41) is 3.97. The summed E-state index contributed by atoms with van der Waals surface area (Å²) < 4.78 is 8.00. The van der Waals surface area contributed by atoms with Crippen LogP contribution in [0.1, 0.15) is 19.2 Å². The lowest BCUT2D eigenvalue weighted by molar-refractivity contribution is 0.267. The molecule has 0 amide bonds. The number of imidazole rings is 1. The van der Waals surface area contributed by atoms with Gasteiger partial charge < -0.3 is 14.6 Å². The molecular formula is C16H22ClN3O. The largest absolute Gasteiger partial charge is 0.492 e. The smallest absolute Gasteiger partial charge is 0.120 e. The van der Waals surface area contributed by atoms with Crippen molar-refractivity contribution in [1.29, 1.82) is 0 Å².